The van der Waals surface area contributed by atoms with Gasteiger partial charge in [-0.05, 0) is 12.1 Å². The molecule has 2 N–H and O–H groups in total. The third kappa shape index (κ3) is 1.67. The molecule has 0 bridgehead atoms. The van der Waals surface area contributed by atoms with Crippen LogP contribution in [0.2, 0.25) is 0 Å². The van der Waals surface area contributed by atoms with Crippen molar-refractivity contribution in [3.63, 3.8) is 0 Å². The van der Waals surface area contributed by atoms with Crippen molar-refractivity contribution >= 4 is 17.5 Å². The monoisotopic (exact) mass is 236 g/mol. The Bertz CT molecular complexity index is 616. The molecule has 2 rings (SSSR count). The molecule has 88 valence electrons. The molecule has 0 aliphatic carbocycles. The molecule has 0 spiro atoms. The summed E-state index contributed by atoms with van der Waals surface area (Å²) in [6, 6.07) is 2.98. The highest BCUT2D eigenvalue weighted by Gasteiger charge is 2.20. The number of hydrogen-bond acceptors (Lipinski definition) is 4. The number of fused-ring (bicyclic) bond motifs is 1. The summed E-state index contributed by atoms with van der Waals surface area (Å²) in [6.45, 7) is 0. The Morgan fingerprint density at radius 2 is 2.00 bits per heavy atom. The van der Waals surface area contributed by atoms with Crippen molar-refractivity contribution in [1.82, 2.24) is 9.38 Å². The van der Waals surface area contributed by atoms with E-state index in [1.54, 1.807) is 0 Å². The van der Waals surface area contributed by atoms with Crippen molar-refractivity contribution in [1.29, 1.82) is 0 Å². The van der Waals surface area contributed by atoms with E-state index < -0.39 is 11.9 Å². The predicted molar refractivity (Wildman–Crippen MR) is 55.7 cm³/mol. The first kappa shape index (κ1) is 10.9. The predicted octanol–water partition coefficient (Wildman–Crippen LogP) is 0.739. The van der Waals surface area contributed by atoms with Crippen molar-refractivity contribution in [2.24, 2.45) is 0 Å². The summed E-state index contributed by atoms with van der Waals surface area (Å²) in [5.74, 6) is -2.54. The van der Waals surface area contributed by atoms with Gasteiger partial charge in [-0.25, -0.2) is 14.6 Å². The first-order chi connectivity index (χ1) is 8.04. The van der Waals surface area contributed by atoms with Crippen LogP contribution in [0, 0.1) is 0 Å². The van der Waals surface area contributed by atoms with E-state index in [1.165, 1.54) is 29.8 Å². The maximum absolute atomic E-state index is 10.9. The second-order valence-electron chi connectivity index (χ2n) is 3.22. The Morgan fingerprint density at radius 3 is 2.53 bits per heavy atom. The first-order valence-corrected chi connectivity index (χ1v) is 4.57. The lowest BCUT2D eigenvalue weighted by molar-refractivity contribution is 0.0682. The van der Waals surface area contributed by atoms with Gasteiger partial charge in [-0.15, -0.1) is 0 Å². The number of aromatic nitrogens is 2. The van der Waals surface area contributed by atoms with Crippen LogP contribution in [0.4, 0.5) is 0 Å². The number of pyridine rings is 1. The average Bonchev–Trinajstić information content (AvgIpc) is 2.67. The molecule has 0 fully saturated rings. The number of carbonyl (C=O) groups is 2. The molecule has 0 atom stereocenters. The van der Waals surface area contributed by atoms with Crippen LogP contribution < -0.4 is 4.74 Å². The molecule has 2 aromatic heterocycles. The minimum Gasteiger partial charge on any atom is -0.495 e. The number of aromatic carboxylic acids is 2. The van der Waals surface area contributed by atoms with Crippen molar-refractivity contribution in [2.45, 2.75) is 0 Å². The van der Waals surface area contributed by atoms with Gasteiger partial charge in [0.25, 0.3) is 0 Å². The zero-order chi connectivity index (χ0) is 12.6. The summed E-state index contributed by atoms with van der Waals surface area (Å²) in [5.41, 5.74) is -0.0965. The largest absolute Gasteiger partial charge is 0.495 e. The number of nitrogens with zero attached hydrogens (tertiary/aromatic N) is 2. The molecule has 0 aliphatic rings. The SMILES string of the molecule is COc1ccc2c(C(=O)O)nc(C(=O)O)n2c1. The van der Waals surface area contributed by atoms with Crippen LogP contribution in [0.5, 0.6) is 5.75 Å². The van der Waals surface area contributed by atoms with Gasteiger partial charge in [-0.3, -0.25) is 4.40 Å². The number of hydrogen-bond donors (Lipinski definition) is 2. The van der Waals surface area contributed by atoms with Crippen LogP contribution in [0.1, 0.15) is 21.1 Å². The van der Waals surface area contributed by atoms with Crippen LogP contribution in [-0.2, 0) is 0 Å². The van der Waals surface area contributed by atoms with Gasteiger partial charge in [0.15, 0.2) is 5.69 Å². The van der Waals surface area contributed by atoms with Crippen LogP contribution in [0.3, 0.4) is 0 Å². The molecule has 0 aliphatic heterocycles. The van der Waals surface area contributed by atoms with Crippen molar-refractivity contribution in [3.05, 3.63) is 29.8 Å². The second kappa shape index (κ2) is 3.78. The minimum absolute atomic E-state index is 0.204. The fourth-order valence-electron chi connectivity index (χ4n) is 1.50. The number of carboxylic acid groups (broad SMARTS) is 2. The Hall–Kier alpha value is -2.57. The highest BCUT2D eigenvalue weighted by Crippen LogP contribution is 2.18. The zero-order valence-corrected chi connectivity index (χ0v) is 8.75. The van der Waals surface area contributed by atoms with Crippen LogP contribution >= 0.6 is 0 Å². The van der Waals surface area contributed by atoms with Gasteiger partial charge in [-0.2, -0.15) is 0 Å². The molecular weight excluding hydrogens is 228 g/mol. The lowest BCUT2D eigenvalue weighted by Crippen LogP contribution is -2.04. The molecule has 7 heteroatoms. The summed E-state index contributed by atoms with van der Waals surface area (Å²) >= 11 is 0. The number of methoxy groups -OCH3 is 1. The summed E-state index contributed by atoms with van der Waals surface area (Å²) in [7, 11) is 1.43. The Kier molecular flexibility index (Phi) is 2.43. The Balaban J connectivity index is 2.81. The van der Waals surface area contributed by atoms with E-state index in [1.807, 2.05) is 0 Å². The first-order valence-electron chi connectivity index (χ1n) is 4.57. The highest BCUT2D eigenvalue weighted by atomic mass is 16.5. The topological polar surface area (TPSA) is 101 Å². The lowest BCUT2D eigenvalue weighted by atomic mass is 10.3. The molecule has 17 heavy (non-hydrogen) atoms. The van der Waals surface area contributed by atoms with E-state index in [0.29, 0.717) is 5.75 Å². The van der Waals surface area contributed by atoms with E-state index in [0.717, 1.165) is 0 Å². The van der Waals surface area contributed by atoms with Gasteiger partial charge in [-0.1, -0.05) is 0 Å². The van der Waals surface area contributed by atoms with Gasteiger partial charge in [0.1, 0.15) is 5.75 Å². The third-order valence-corrected chi connectivity index (χ3v) is 2.24. The quantitative estimate of drug-likeness (QED) is 0.814. The van der Waals surface area contributed by atoms with Crippen LogP contribution in [0.25, 0.3) is 5.52 Å². The Morgan fingerprint density at radius 1 is 1.29 bits per heavy atom. The fourth-order valence-corrected chi connectivity index (χ4v) is 1.50. The van der Waals surface area contributed by atoms with Gasteiger partial charge in [0, 0.05) is 0 Å². The van der Waals surface area contributed by atoms with E-state index >= 15 is 0 Å². The molecule has 0 amide bonds. The van der Waals surface area contributed by atoms with Crippen molar-refractivity contribution < 1.29 is 24.5 Å². The zero-order valence-electron chi connectivity index (χ0n) is 8.75. The summed E-state index contributed by atoms with van der Waals surface area (Å²) in [4.78, 5) is 25.4. The van der Waals surface area contributed by atoms with Crippen molar-refractivity contribution in [3.8, 4) is 5.75 Å². The number of imidazole rings is 1. The van der Waals surface area contributed by atoms with Crippen LogP contribution in [-0.4, -0.2) is 38.6 Å². The molecule has 0 unspecified atom stereocenters. The number of carboxylic acids is 2. The smallest absolute Gasteiger partial charge is 0.372 e. The molecular formula is C10H8N2O5. The summed E-state index contributed by atoms with van der Waals surface area (Å²) in [6.07, 6.45) is 1.37. The van der Waals surface area contributed by atoms with E-state index in [9.17, 15) is 9.59 Å². The minimum atomic E-state index is -1.30. The van der Waals surface area contributed by atoms with E-state index in [-0.39, 0.29) is 17.0 Å². The van der Waals surface area contributed by atoms with Gasteiger partial charge in [0.05, 0.1) is 18.8 Å². The van der Waals surface area contributed by atoms with E-state index in [4.69, 9.17) is 14.9 Å². The second-order valence-corrected chi connectivity index (χ2v) is 3.22. The lowest BCUT2D eigenvalue weighted by Gasteiger charge is -2.01. The molecule has 2 aromatic rings. The van der Waals surface area contributed by atoms with Gasteiger partial charge >= 0.3 is 11.9 Å². The summed E-state index contributed by atoms with van der Waals surface area (Å²) in [5, 5.41) is 17.8. The average molecular weight is 236 g/mol. The van der Waals surface area contributed by atoms with Gasteiger partial charge < -0.3 is 14.9 Å². The molecule has 0 radical (unpaired) electrons. The third-order valence-electron chi connectivity index (χ3n) is 2.24. The van der Waals surface area contributed by atoms with E-state index in [2.05, 4.69) is 4.98 Å². The maximum atomic E-state index is 10.9. The molecule has 0 saturated heterocycles. The molecule has 0 saturated carbocycles. The molecule has 2 heterocycles. The molecule has 7 nitrogen and oxygen atoms in total. The molecule has 0 aromatic carbocycles. The fraction of sp³-hybridized carbons (Fsp3) is 0.100. The standard InChI is InChI=1S/C10H8N2O5/c1-17-5-2-3-6-7(9(13)14)11-8(10(15)16)12(6)4-5/h2-4H,1H3,(H,13,14)(H,15,16). The highest BCUT2D eigenvalue weighted by molar-refractivity contribution is 5.96. The number of rotatable bonds is 3. The van der Waals surface area contributed by atoms with Gasteiger partial charge in [0.2, 0.25) is 5.82 Å². The number of ether oxygens (including phenoxy) is 1. The van der Waals surface area contributed by atoms with Crippen molar-refractivity contribution in [2.75, 3.05) is 7.11 Å². The maximum Gasteiger partial charge on any atom is 0.372 e. The summed E-state index contributed by atoms with van der Waals surface area (Å²) < 4.78 is 6.11. The Labute approximate surface area is 94.9 Å². The normalized spacial score (nSPS) is 10.4. The van der Waals surface area contributed by atoms with Crippen LogP contribution in [0.15, 0.2) is 18.3 Å².